The largest absolute Gasteiger partial charge is 0.366 e. The van der Waals surface area contributed by atoms with Gasteiger partial charge in [-0.2, -0.15) is 0 Å². The molecule has 0 aliphatic carbocycles. The molecule has 9 nitrogen and oxygen atoms in total. The van der Waals surface area contributed by atoms with Crippen molar-refractivity contribution >= 4 is 11.8 Å². The van der Waals surface area contributed by atoms with Crippen molar-refractivity contribution in [2.75, 3.05) is 25.9 Å². The van der Waals surface area contributed by atoms with Crippen LogP contribution in [0.4, 0.5) is 0 Å². The second-order valence-electron chi connectivity index (χ2n) is 3.44. The average molecular weight is 274 g/mol. The summed E-state index contributed by atoms with van der Waals surface area (Å²) in [6, 6.07) is -1.22. The number of methoxy groups -OCH3 is 1. The molecule has 0 N–H and O–H groups in total. The molecule has 1 aliphatic rings. The van der Waals surface area contributed by atoms with Crippen molar-refractivity contribution in [3.8, 4) is 0 Å². The Labute approximate surface area is 108 Å². The van der Waals surface area contributed by atoms with Gasteiger partial charge < -0.3 is 14.2 Å². The van der Waals surface area contributed by atoms with E-state index in [1.54, 1.807) is 0 Å². The fraction of sp³-hybridized carbons (Fsp3) is 1.00. The second kappa shape index (κ2) is 8.04. The number of hydrogen-bond acceptors (Lipinski definition) is 6. The third kappa shape index (κ3) is 3.67. The first-order chi connectivity index (χ1) is 8.78. The average Bonchev–Trinajstić information content (AvgIpc) is 2.39. The summed E-state index contributed by atoms with van der Waals surface area (Å²) in [7, 11) is 1.45. The van der Waals surface area contributed by atoms with E-state index in [-0.39, 0.29) is 6.61 Å². The lowest BCUT2D eigenvalue weighted by Gasteiger charge is -2.37. The van der Waals surface area contributed by atoms with Gasteiger partial charge in [-0.3, -0.25) is 0 Å². The minimum atomic E-state index is -0.696. The Hall–Kier alpha value is -1.15. The number of hydrogen-bond donors (Lipinski definition) is 0. The molecule has 1 heterocycles. The lowest BCUT2D eigenvalue weighted by molar-refractivity contribution is -0.194. The summed E-state index contributed by atoms with van der Waals surface area (Å²) < 4.78 is 16.0. The maximum atomic E-state index is 8.57. The molecular weight excluding hydrogens is 260 g/mol. The molecule has 100 valence electrons. The van der Waals surface area contributed by atoms with Crippen LogP contribution in [0.15, 0.2) is 10.2 Å². The van der Waals surface area contributed by atoms with Crippen molar-refractivity contribution in [3.05, 3.63) is 20.9 Å². The Kier molecular flexibility index (Phi) is 6.66. The number of rotatable bonds is 6. The first-order valence-corrected chi connectivity index (χ1v) is 6.51. The zero-order valence-corrected chi connectivity index (χ0v) is 10.9. The van der Waals surface area contributed by atoms with Gasteiger partial charge >= 0.3 is 0 Å². The summed E-state index contributed by atoms with van der Waals surface area (Å²) in [4.78, 5) is 5.50. The van der Waals surface area contributed by atoms with Gasteiger partial charge in [0.2, 0.25) is 0 Å². The summed E-state index contributed by atoms with van der Waals surface area (Å²) >= 11 is 1.47. The molecule has 18 heavy (non-hydrogen) atoms. The van der Waals surface area contributed by atoms with Crippen LogP contribution in [-0.4, -0.2) is 50.4 Å². The van der Waals surface area contributed by atoms with Gasteiger partial charge in [-0.05, 0) is 17.3 Å². The molecule has 0 aromatic rings. The maximum absolute atomic E-state index is 8.57. The van der Waals surface area contributed by atoms with Crippen molar-refractivity contribution in [2.45, 2.75) is 24.5 Å². The first kappa shape index (κ1) is 14.9. The quantitative estimate of drug-likeness (QED) is 0.318. The van der Waals surface area contributed by atoms with E-state index in [0.717, 1.165) is 0 Å². The van der Waals surface area contributed by atoms with Crippen LogP contribution in [0.25, 0.3) is 20.9 Å². The van der Waals surface area contributed by atoms with Gasteiger partial charge in [-0.25, -0.2) is 0 Å². The Balaban J connectivity index is 2.91. The number of ether oxygens (including phenoxy) is 3. The van der Waals surface area contributed by atoms with Gasteiger partial charge in [-0.1, -0.05) is 10.2 Å². The normalized spacial score (nSPS) is 31.2. The summed E-state index contributed by atoms with van der Waals surface area (Å²) in [5.74, 6) is 0.399. The highest BCUT2D eigenvalue weighted by molar-refractivity contribution is 7.98. The van der Waals surface area contributed by atoms with Crippen LogP contribution >= 0.6 is 11.8 Å². The van der Waals surface area contributed by atoms with Gasteiger partial charge in [0, 0.05) is 16.9 Å². The summed E-state index contributed by atoms with van der Waals surface area (Å²) in [6.45, 7) is 0.166. The predicted molar refractivity (Wildman–Crippen MR) is 65.9 cm³/mol. The van der Waals surface area contributed by atoms with E-state index in [1.165, 1.54) is 18.9 Å². The monoisotopic (exact) mass is 274 g/mol. The minimum Gasteiger partial charge on any atom is -0.366 e. The predicted octanol–water partition coefficient (Wildman–Crippen LogP) is 2.05. The molecule has 0 aromatic carbocycles. The van der Waals surface area contributed by atoms with Gasteiger partial charge in [-0.15, -0.1) is 11.8 Å². The highest BCUT2D eigenvalue weighted by Crippen LogP contribution is 2.25. The molecule has 1 rings (SSSR count). The lowest BCUT2D eigenvalue weighted by atomic mass is 10.0. The lowest BCUT2D eigenvalue weighted by Crippen LogP contribution is -2.52. The van der Waals surface area contributed by atoms with Crippen LogP contribution in [-0.2, 0) is 14.2 Å². The highest BCUT2D eigenvalue weighted by Gasteiger charge is 2.40. The summed E-state index contributed by atoms with van der Waals surface area (Å²) in [5.41, 5.74) is 17.1. The fourth-order valence-electron chi connectivity index (χ4n) is 1.68. The van der Waals surface area contributed by atoms with Crippen molar-refractivity contribution < 1.29 is 14.2 Å². The fourth-order valence-corrected chi connectivity index (χ4v) is 1.97. The van der Waals surface area contributed by atoms with E-state index in [0.29, 0.717) is 5.94 Å². The standard InChI is InChI=1S/C8H14N6O3S/c1-15-8-6(12-14-10)7(17-4-18-2)5(3-16-8)11-13-9/h5-8H,3-4H2,1-2H3/t5-,6-,7-,8-/m1/s1. The van der Waals surface area contributed by atoms with Crippen LogP contribution in [0.3, 0.4) is 0 Å². The summed E-state index contributed by atoms with van der Waals surface area (Å²) in [5, 5.41) is 7.22. The minimum absolute atomic E-state index is 0.166. The Morgan fingerprint density at radius 3 is 2.67 bits per heavy atom. The zero-order chi connectivity index (χ0) is 13.4. The molecule has 0 saturated carbocycles. The molecule has 0 aromatic heterocycles. The Morgan fingerprint density at radius 2 is 2.11 bits per heavy atom. The van der Waals surface area contributed by atoms with Crippen LogP contribution < -0.4 is 0 Å². The third-order valence-corrected chi connectivity index (χ3v) is 2.79. The van der Waals surface area contributed by atoms with Crippen LogP contribution in [0.1, 0.15) is 0 Å². The molecule has 4 atom stereocenters. The Morgan fingerprint density at radius 1 is 1.39 bits per heavy atom. The SMILES string of the molecule is CO[C@@H]1OC[C@@H](N=[N+]=[N-])[C@@H](OCSC)[C@H]1N=[N+]=[N-]. The van der Waals surface area contributed by atoms with Gasteiger partial charge in [0.25, 0.3) is 0 Å². The van der Waals surface area contributed by atoms with Crippen molar-refractivity contribution in [1.82, 2.24) is 0 Å². The van der Waals surface area contributed by atoms with Crippen LogP contribution in [0.2, 0.25) is 0 Å². The molecule has 0 unspecified atom stereocenters. The number of nitrogens with zero attached hydrogens (tertiary/aromatic N) is 6. The Bertz CT molecular complexity index is 357. The molecule has 10 heteroatoms. The molecule has 1 fully saturated rings. The van der Waals surface area contributed by atoms with Crippen LogP contribution in [0.5, 0.6) is 0 Å². The van der Waals surface area contributed by atoms with E-state index in [4.69, 9.17) is 25.3 Å². The van der Waals surface area contributed by atoms with E-state index >= 15 is 0 Å². The smallest absolute Gasteiger partial charge is 0.168 e. The topological polar surface area (TPSA) is 125 Å². The van der Waals surface area contributed by atoms with Crippen LogP contribution in [0, 0.1) is 0 Å². The molecule has 0 radical (unpaired) electrons. The summed E-state index contributed by atoms with van der Waals surface area (Å²) in [6.07, 6.45) is 0.624. The second-order valence-corrected chi connectivity index (χ2v) is 4.26. The van der Waals surface area contributed by atoms with Gasteiger partial charge in [0.05, 0.1) is 24.7 Å². The van der Waals surface area contributed by atoms with E-state index in [1.807, 2.05) is 6.26 Å². The number of thioether (sulfide) groups is 1. The molecular formula is C8H14N6O3S. The molecule has 1 aliphatic heterocycles. The third-order valence-electron chi connectivity index (χ3n) is 2.42. The molecule has 1 saturated heterocycles. The van der Waals surface area contributed by atoms with Gasteiger partial charge in [0.1, 0.15) is 6.04 Å². The molecule has 0 spiro atoms. The van der Waals surface area contributed by atoms with E-state index in [2.05, 4.69) is 20.1 Å². The van der Waals surface area contributed by atoms with Crippen molar-refractivity contribution in [2.24, 2.45) is 10.2 Å². The van der Waals surface area contributed by atoms with E-state index in [9.17, 15) is 0 Å². The van der Waals surface area contributed by atoms with Crippen molar-refractivity contribution in [3.63, 3.8) is 0 Å². The molecule has 0 bridgehead atoms. The highest BCUT2D eigenvalue weighted by atomic mass is 32.2. The van der Waals surface area contributed by atoms with Crippen molar-refractivity contribution in [1.29, 1.82) is 0 Å². The first-order valence-electron chi connectivity index (χ1n) is 5.11. The number of azide groups is 2. The van der Waals surface area contributed by atoms with E-state index < -0.39 is 24.5 Å². The zero-order valence-electron chi connectivity index (χ0n) is 10.0. The van der Waals surface area contributed by atoms with Gasteiger partial charge in [0.15, 0.2) is 6.29 Å². The maximum Gasteiger partial charge on any atom is 0.168 e. The molecule has 0 amide bonds.